The second-order valence-corrected chi connectivity index (χ2v) is 7.38. The summed E-state index contributed by atoms with van der Waals surface area (Å²) in [5.74, 6) is -0.894. The van der Waals surface area contributed by atoms with Crippen molar-refractivity contribution < 1.29 is 14.7 Å². The molecule has 1 amide bonds. The fraction of sp³-hybridized carbons (Fsp3) is 0.333. The molecule has 5 heteroatoms. The van der Waals surface area contributed by atoms with Gasteiger partial charge in [0.2, 0.25) is 5.91 Å². The highest BCUT2D eigenvalue weighted by Crippen LogP contribution is 2.48. The first-order valence-electron chi connectivity index (χ1n) is 7.60. The van der Waals surface area contributed by atoms with Crippen LogP contribution in [-0.4, -0.2) is 17.0 Å². The standard InChI is InChI=1S/C18H19NO3S/c1-11-7-12(2)9-13(8-11)18(5-6-18)17(22)19-10-14-3-4-15(23-14)16(20)21/h3-4,7-9H,5-6,10H2,1-2H3,(H,19,22)(H,20,21). The van der Waals surface area contributed by atoms with E-state index in [1.807, 2.05) is 13.8 Å². The Morgan fingerprint density at radius 3 is 2.35 bits per heavy atom. The lowest BCUT2D eigenvalue weighted by molar-refractivity contribution is -0.123. The van der Waals surface area contributed by atoms with Gasteiger partial charge in [0, 0.05) is 4.88 Å². The Morgan fingerprint density at radius 2 is 1.83 bits per heavy atom. The van der Waals surface area contributed by atoms with E-state index in [4.69, 9.17) is 5.11 Å². The molecule has 1 aliphatic rings. The van der Waals surface area contributed by atoms with Crippen LogP contribution in [0.4, 0.5) is 0 Å². The lowest BCUT2D eigenvalue weighted by Gasteiger charge is -2.17. The first-order chi connectivity index (χ1) is 10.9. The number of carbonyl (C=O) groups excluding carboxylic acids is 1. The summed E-state index contributed by atoms with van der Waals surface area (Å²) in [6.45, 7) is 4.47. The van der Waals surface area contributed by atoms with Crippen molar-refractivity contribution in [3.8, 4) is 0 Å². The third kappa shape index (κ3) is 3.15. The number of carboxylic acids is 1. The molecule has 2 aromatic rings. The van der Waals surface area contributed by atoms with Crippen LogP contribution in [0.1, 0.15) is 44.1 Å². The number of hydrogen-bond acceptors (Lipinski definition) is 3. The largest absolute Gasteiger partial charge is 0.477 e. The number of aryl methyl sites for hydroxylation is 2. The van der Waals surface area contributed by atoms with Crippen LogP contribution in [0.3, 0.4) is 0 Å². The molecule has 3 rings (SSSR count). The number of thiophene rings is 1. The minimum absolute atomic E-state index is 0.0350. The van der Waals surface area contributed by atoms with E-state index < -0.39 is 11.4 Å². The van der Waals surface area contributed by atoms with Gasteiger partial charge < -0.3 is 10.4 Å². The molecule has 0 radical (unpaired) electrons. The molecule has 1 heterocycles. The fourth-order valence-electron chi connectivity index (χ4n) is 2.95. The van der Waals surface area contributed by atoms with Crippen LogP contribution in [0.25, 0.3) is 0 Å². The molecule has 0 bridgehead atoms. The zero-order valence-electron chi connectivity index (χ0n) is 13.2. The molecule has 1 saturated carbocycles. The van der Waals surface area contributed by atoms with Crippen molar-refractivity contribution in [2.45, 2.75) is 38.6 Å². The number of carboxylic acid groups (broad SMARTS) is 1. The maximum atomic E-state index is 12.6. The minimum Gasteiger partial charge on any atom is -0.477 e. The second kappa shape index (κ2) is 5.81. The summed E-state index contributed by atoms with van der Waals surface area (Å²) in [5.41, 5.74) is 3.03. The highest BCUT2D eigenvalue weighted by atomic mass is 32.1. The molecule has 4 nitrogen and oxygen atoms in total. The normalized spacial score (nSPS) is 15.2. The molecule has 2 N–H and O–H groups in total. The molecule has 1 aliphatic carbocycles. The monoisotopic (exact) mass is 329 g/mol. The Bertz CT molecular complexity index is 754. The number of rotatable bonds is 5. The fourth-order valence-corrected chi connectivity index (χ4v) is 3.73. The molecule has 0 unspecified atom stereocenters. The average molecular weight is 329 g/mol. The first-order valence-corrected chi connectivity index (χ1v) is 8.41. The molecule has 1 fully saturated rings. The highest BCUT2D eigenvalue weighted by molar-refractivity contribution is 7.13. The van der Waals surface area contributed by atoms with Gasteiger partial charge in [-0.2, -0.15) is 0 Å². The summed E-state index contributed by atoms with van der Waals surface area (Å²) in [6, 6.07) is 9.62. The van der Waals surface area contributed by atoms with Gasteiger partial charge in [0.15, 0.2) is 0 Å². The number of hydrogen-bond donors (Lipinski definition) is 2. The van der Waals surface area contributed by atoms with E-state index in [1.54, 1.807) is 12.1 Å². The van der Waals surface area contributed by atoms with Gasteiger partial charge in [0.25, 0.3) is 0 Å². The quantitative estimate of drug-likeness (QED) is 0.883. The first kappa shape index (κ1) is 15.7. The Balaban J connectivity index is 1.71. The third-order valence-electron chi connectivity index (χ3n) is 4.25. The number of benzene rings is 1. The van der Waals surface area contributed by atoms with Crippen LogP contribution >= 0.6 is 11.3 Å². The summed E-state index contributed by atoms with van der Waals surface area (Å²) in [4.78, 5) is 24.7. The van der Waals surface area contributed by atoms with Crippen molar-refractivity contribution >= 4 is 23.2 Å². The van der Waals surface area contributed by atoms with Gasteiger partial charge in [-0.05, 0) is 44.4 Å². The van der Waals surface area contributed by atoms with Crippen molar-refractivity contribution in [2.75, 3.05) is 0 Å². The number of aromatic carboxylic acids is 1. The summed E-state index contributed by atoms with van der Waals surface area (Å²) >= 11 is 1.20. The van der Waals surface area contributed by atoms with Crippen LogP contribution in [-0.2, 0) is 16.8 Å². The summed E-state index contributed by atoms with van der Waals surface area (Å²) in [5, 5.41) is 11.9. The van der Waals surface area contributed by atoms with Crippen LogP contribution < -0.4 is 5.32 Å². The maximum Gasteiger partial charge on any atom is 0.345 e. The Hall–Kier alpha value is -2.14. The Morgan fingerprint density at radius 1 is 1.17 bits per heavy atom. The average Bonchev–Trinajstić information content (AvgIpc) is 3.16. The van der Waals surface area contributed by atoms with Crippen molar-refractivity contribution in [2.24, 2.45) is 0 Å². The van der Waals surface area contributed by atoms with Crippen LogP contribution in [0.15, 0.2) is 30.3 Å². The van der Waals surface area contributed by atoms with Gasteiger partial charge in [-0.15, -0.1) is 11.3 Å². The lowest BCUT2D eigenvalue weighted by atomic mass is 9.92. The Kier molecular flexibility index (Phi) is 3.98. The van der Waals surface area contributed by atoms with E-state index in [-0.39, 0.29) is 5.91 Å². The summed E-state index contributed by atoms with van der Waals surface area (Å²) in [7, 11) is 0. The second-order valence-electron chi connectivity index (χ2n) is 6.21. The van der Waals surface area contributed by atoms with E-state index in [2.05, 4.69) is 23.5 Å². The molecular formula is C18H19NO3S. The summed E-state index contributed by atoms with van der Waals surface area (Å²) < 4.78 is 0. The number of nitrogens with one attached hydrogen (secondary N) is 1. The van der Waals surface area contributed by atoms with Crippen molar-refractivity contribution in [3.05, 3.63) is 56.8 Å². The van der Waals surface area contributed by atoms with E-state index >= 15 is 0 Å². The van der Waals surface area contributed by atoms with Crippen LogP contribution in [0.2, 0.25) is 0 Å². The van der Waals surface area contributed by atoms with Gasteiger partial charge >= 0.3 is 5.97 Å². The predicted octanol–water partition coefficient (Wildman–Crippen LogP) is 3.41. The van der Waals surface area contributed by atoms with Gasteiger partial charge in [-0.3, -0.25) is 4.79 Å². The lowest BCUT2D eigenvalue weighted by Crippen LogP contribution is -2.34. The van der Waals surface area contributed by atoms with Crippen molar-refractivity contribution in [3.63, 3.8) is 0 Å². The number of amides is 1. The zero-order chi connectivity index (χ0) is 16.6. The van der Waals surface area contributed by atoms with E-state index in [0.29, 0.717) is 11.4 Å². The molecular weight excluding hydrogens is 310 g/mol. The maximum absolute atomic E-state index is 12.6. The minimum atomic E-state index is -0.929. The van der Waals surface area contributed by atoms with E-state index in [9.17, 15) is 9.59 Å². The SMILES string of the molecule is Cc1cc(C)cc(C2(C(=O)NCc3ccc(C(=O)O)s3)CC2)c1. The smallest absolute Gasteiger partial charge is 0.345 e. The molecule has 0 saturated heterocycles. The zero-order valence-corrected chi connectivity index (χ0v) is 14.0. The van der Waals surface area contributed by atoms with Crippen LogP contribution in [0, 0.1) is 13.8 Å². The van der Waals surface area contributed by atoms with E-state index in [0.717, 1.165) is 23.3 Å². The molecule has 1 aromatic heterocycles. The van der Waals surface area contributed by atoms with Gasteiger partial charge in [-0.25, -0.2) is 4.79 Å². The highest BCUT2D eigenvalue weighted by Gasteiger charge is 2.51. The molecule has 0 spiro atoms. The summed E-state index contributed by atoms with van der Waals surface area (Å²) in [6.07, 6.45) is 1.74. The van der Waals surface area contributed by atoms with E-state index in [1.165, 1.54) is 22.5 Å². The number of carbonyl (C=O) groups is 2. The van der Waals surface area contributed by atoms with Crippen LogP contribution in [0.5, 0.6) is 0 Å². The Labute approximate surface area is 139 Å². The topological polar surface area (TPSA) is 66.4 Å². The molecule has 0 atom stereocenters. The van der Waals surface area contributed by atoms with Gasteiger partial charge in [0.1, 0.15) is 4.88 Å². The molecule has 1 aromatic carbocycles. The van der Waals surface area contributed by atoms with Gasteiger partial charge in [0.05, 0.1) is 12.0 Å². The molecule has 0 aliphatic heterocycles. The third-order valence-corrected chi connectivity index (χ3v) is 5.33. The molecule has 120 valence electrons. The molecule has 23 heavy (non-hydrogen) atoms. The van der Waals surface area contributed by atoms with Gasteiger partial charge in [-0.1, -0.05) is 29.3 Å². The van der Waals surface area contributed by atoms with Crippen molar-refractivity contribution in [1.29, 1.82) is 0 Å². The van der Waals surface area contributed by atoms with Crippen molar-refractivity contribution in [1.82, 2.24) is 5.32 Å². The predicted molar refractivity (Wildman–Crippen MR) is 90.0 cm³/mol.